The third-order valence-corrected chi connectivity index (χ3v) is 5.22. The number of hydrogen-bond acceptors (Lipinski definition) is 4. The van der Waals surface area contributed by atoms with Gasteiger partial charge in [0.05, 0.1) is 12.2 Å². The van der Waals surface area contributed by atoms with Crippen molar-refractivity contribution in [3.63, 3.8) is 0 Å². The number of fused-ring (bicyclic) bond motifs is 1. The van der Waals surface area contributed by atoms with Crippen LogP contribution in [0.4, 0.5) is 0 Å². The van der Waals surface area contributed by atoms with E-state index < -0.39 is 0 Å². The molecule has 2 aromatic heterocycles. The minimum absolute atomic E-state index is 0.0209. The summed E-state index contributed by atoms with van der Waals surface area (Å²) in [4.78, 5) is 19.7. The van der Waals surface area contributed by atoms with E-state index in [4.69, 9.17) is 4.42 Å². The molecule has 0 unspecified atom stereocenters. The van der Waals surface area contributed by atoms with E-state index in [1.165, 1.54) is 5.56 Å². The van der Waals surface area contributed by atoms with E-state index >= 15 is 0 Å². The van der Waals surface area contributed by atoms with Crippen LogP contribution < -0.4 is 0 Å². The van der Waals surface area contributed by atoms with Gasteiger partial charge in [0.15, 0.2) is 5.89 Å². The van der Waals surface area contributed by atoms with Gasteiger partial charge in [0.25, 0.3) is 5.91 Å². The lowest BCUT2D eigenvalue weighted by atomic mass is 10.1. The molecule has 3 aromatic rings. The maximum Gasteiger partial charge on any atom is 0.272 e. The Morgan fingerprint density at radius 3 is 2.76 bits per heavy atom. The van der Waals surface area contributed by atoms with Crippen molar-refractivity contribution in [3.05, 3.63) is 70.7 Å². The molecule has 1 amide bonds. The molecule has 1 aliphatic rings. The zero-order valence-corrected chi connectivity index (χ0v) is 17.4. The molecule has 1 aliphatic heterocycles. The number of rotatable bonds is 6. The van der Waals surface area contributed by atoms with Gasteiger partial charge in [-0.05, 0) is 30.9 Å². The van der Waals surface area contributed by atoms with Gasteiger partial charge in [-0.1, -0.05) is 44.2 Å². The van der Waals surface area contributed by atoms with E-state index in [0.717, 1.165) is 23.6 Å². The van der Waals surface area contributed by atoms with E-state index in [-0.39, 0.29) is 5.91 Å². The largest absolute Gasteiger partial charge is 0.445 e. The Morgan fingerprint density at radius 2 is 2.03 bits per heavy atom. The molecule has 1 aromatic carbocycles. The number of carbonyl (C=O) groups is 1. The van der Waals surface area contributed by atoms with Gasteiger partial charge in [0.2, 0.25) is 0 Å². The van der Waals surface area contributed by atoms with Crippen molar-refractivity contribution in [2.45, 2.75) is 53.1 Å². The van der Waals surface area contributed by atoms with Crippen LogP contribution >= 0.6 is 0 Å². The normalized spacial score (nSPS) is 13.7. The van der Waals surface area contributed by atoms with Crippen molar-refractivity contribution in [1.29, 1.82) is 0 Å². The van der Waals surface area contributed by atoms with Crippen LogP contribution in [-0.4, -0.2) is 32.1 Å². The van der Waals surface area contributed by atoms with Crippen LogP contribution in [0.15, 0.2) is 40.8 Å². The van der Waals surface area contributed by atoms with Gasteiger partial charge in [0.1, 0.15) is 17.1 Å². The second-order valence-corrected chi connectivity index (χ2v) is 8.05. The van der Waals surface area contributed by atoms with E-state index in [1.807, 2.05) is 40.8 Å². The Hall–Kier alpha value is -2.89. The van der Waals surface area contributed by atoms with Crippen molar-refractivity contribution in [2.75, 3.05) is 6.54 Å². The molecule has 152 valence electrons. The van der Waals surface area contributed by atoms with Crippen molar-refractivity contribution < 1.29 is 9.21 Å². The molecule has 0 atom stereocenters. The summed E-state index contributed by atoms with van der Waals surface area (Å²) in [7, 11) is 0. The number of oxazole rings is 1. The van der Waals surface area contributed by atoms with Gasteiger partial charge in [-0.15, -0.1) is 0 Å². The smallest absolute Gasteiger partial charge is 0.272 e. The van der Waals surface area contributed by atoms with Crippen LogP contribution in [0.2, 0.25) is 0 Å². The Labute approximate surface area is 171 Å². The maximum atomic E-state index is 13.2. The molecule has 29 heavy (non-hydrogen) atoms. The summed E-state index contributed by atoms with van der Waals surface area (Å²) in [5.41, 5.74) is 3.69. The zero-order chi connectivity index (χ0) is 20.4. The minimum Gasteiger partial charge on any atom is -0.445 e. The number of amides is 1. The van der Waals surface area contributed by atoms with Crippen molar-refractivity contribution in [3.8, 4) is 0 Å². The molecular weight excluding hydrogens is 364 g/mol. The first kappa shape index (κ1) is 19.4. The molecular formula is C23H28N4O2. The van der Waals surface area contributed by atoms with Crippen LogP contribution in [0.1, 0.15) is 59.9 Å². The molecule has 0 spiro atoms. The summed E-state index contributed by atoms with van der Waals surface area (Å²) in [6, 6.07) is 12.1. The van der Waals surface area contributed by atoms with Crippen molar-refractivity contribution >= 4 is 5.91 Å². The van der Waals surface area contributed by atoms with Crippen LogP contribution in [0, 0.1) is 5.92 Å². The summed E-state index contributed by atoms with van der Waals surface area (Å²) < 4.78 is 7.79. The van der Waals surface area contributed by atoms with E-state index in [1.54, 1.807) is 0 Å². The van der Waals surface area contributed by atoms with E-state index in [2.05, 4.69) is 36.1 Å². The van der Waals surface area contributed by atoms with Crippen molar-refractivity contribution in [1.82, 2.24) is 19.7 Å². The topological polar surface area (TPSA) is 64.2 Å². The molecule has 6 heteroatoms. The fraction of sp³-hybridized carbons (Fsp3) is 0.435. The highest BCUT2D eigenvalue weighted by Gasteiger charge is 2.28. The van der Waals surface area contributed by atoms with Gasteiger partial charge < -0.3 is 9.32 Å². The summed E-state index contributed by atoms with van der Waals surface area (Å²) in [5.74, 6) is 2.15. The van der Waals surface area contributed by atoms with Crippen LogP contribution in [0.25, 0.3) is 0 Å². The average Bonchev–Trinajstić information content (AvgIpc) is 3.30. The Bertz CT molecular complexity index is 988. The third kappa shape index (κ3) is 4.26. The van der Waals surface area contributed by atoms with Crippen LogP contribution in [0.5, 0.6) is 0 Å². The predicted molar refractivity (Wildman–Crippen MR) is 111 cm³/mol. The standard InChI is InChI=1S/C23H28N4O2/c1-4-27-20(14-18(25-27)12-16(2)3)23(28)26-11-10-21-19(15-26)24-22(29-21)13-17-8-6-5-7-9-17/h5-9,14,16H,4,10-13,15H2,1-3H3. The highest BCUT2D eigenvalue weighted by Crippen LogP contribution is 2.23. The van der Waals surface area contributed by atoms with E-state index in [0.29, 0.717) is 50.0 Å². The lowest BCUT2D eigenvalue weighted by Gasteiger charge is -2.25. The molecule has 0 saturated carbocycles. The first-order chi connectivity index (χ1) is 14.0. The number of hydrogen-bond donors (Lipinski definition) is 0. The summed E-state index contributed by atoms with van der Waals surface area (Å²) in [5, 5.41) is 4.62. The summed E-state index contributed by atoms with van der Waals surface area (Å²) in [6.45, 7) is 8.15. The minimum atomic E-state index is 0.0209. The average molecular weight is 393 g/mol. The number of nitrogens with zero attached hydrogens (tertiary/aromatic N) is 4. The van der Waals surface area contributed by atoms with Crippen molar-refractivity contribution in [2.24, 2.45) is 5.92 Å². The van der Waals surface area contributed by atoms with Crippen LogP contribution in [0.3, 0.4) is 0 Å². The van der Waals surface area contributed by atoms with Gasteiger partial charge in [0, 0.05) is 25.9 Å². The predicted octanol–water partition coefficient (Wildman–Crippen LogP) is 3.88. The summed E-state index contributed by atoms with van der Waals surface area (Å²) in [6.07, 6.45) is 2.24. The fourth-order valence-corrected chi connectivity index (χ4v) is 3.83. The fourth-order valence-electron chi connectivity index (χ4n) is 3.83. The number of aromatic nitrogens is 3. The third-order valence-electron chi connectivity index (χ3n) is 5.22. The molecule has 6 nitrogen and oxygen atoms in total. The highest BCUT2D eigenvalue weighted by atomic mass is 16.4. The molecule has 0 N–H and O–H groups in total. The first-order valence-electron chi connectivity index (χ1n) is 10.4. The summed E-state index contributed by atoms with van der Waals surface area (Å²) >= 11 is 0. The number of carbonyl (C=O) groups excluding carboxylic acids is 1. The molecule has 4 rings (SSSR count). The zero-order valence-electron chi connectivity index (χ0n) is 17.4. The second kappa shape index (κ2) is 8.23. The van der Waals surface area contributed by atoms with Crippen LogP contribution in [-0.2, 0) is 32.4 Å². The monoisotopic (exact) mass is 392 g/mol. The lowest BCUT2D eigenvalue weighted by Crippen LogP contribution is -2.37. The lowest BCUT2D eigenvalue weighted by molar-refractivity contribution is 0.0715. The Balaban J connectivity index is 1.50. The van der Waals surface area contributed by atoms with Gasteiger partial charge >= 0.3 is 0 Å². The maximum absolute atomic E-state index is 13.2. The highest BCUT2D eigenvalue weighted by molar-refractivity contribution is 5.92. The quantitative estimate of drug-likeness (QED) is 0.639. The molecule has 0 bridgehead atoms. The molecule has 0 fully saturated rings. The molecule has 0 aliphatic carbocycles. The Kier molecular flexibility index (Phi) is 5.51. The molecule has 0 saturated heterocycles. The van der Waals surface area contributed by atoms with Gasteiger partial charge in [-0.2, -0.15) is 5.10 Å². The Morgan fingerprint density at radius 1 is 1.24 bits per heavy atom. The first-order valence-corrected chi connectivity index (χ1v) is 10.4. The number of benzene rings is 1. The number of aryl methyl sites for hydroxylation is 1. The van der Waals surface area contributed by atoms with Gasteiger partial charge in [-0.3, -0.25) is 9.48 Å². The SMILES string of the molecule is CCn1nc(CC(C)C)cc1C(=O)N1CCc2oc(Cc3ccccc3)nc2C1. The molecule has 0 radical (unpaired) electrons. The van der Waals surface area contributed by atoms with Gasteiger partial charge in [-0.25, -0.2) is 4.98 Å². The van der Waals surface area contributed by atoms with E-state index in [9.17, 15) is 4.79 Å². The molecule has 3 heterocycles. The second-order valence-electron chi connectivity index (χ2n) is 8.05.